The molecule has 1 aliphatic rings. The molecule has 2 aromatic rings. The number of aromatic nitrogens is 2. The van der Waals surface area contributed by atoms with E-state index in [0.717, 1.165) is 30.3 Å². The third-order valence-corrected chi connectivity index (χ3v) is 4.18. The fourth-order valence-corrected chi connectivity index (χ4v) is 2.80. The number of methoxy groups -OCH3 is 1. The van der Waals surface area contributed by atoms with Crippen molar-refractivity contribution in [3.8, 4) is 5.75 Å². The number of amides is 1. The average molecular weight is 341 g/mol. The van der Waals surface area contributed by atoms with Crippen LogP contribution in [0.2, 0.25) is 0 Å². The summed E-state index contributed by atoms with van der Waals surface area (Å²) in [6.07, 6.45) is 4.24. The summed E-state index contributed by atoms with van der Waals surface area (Å²) in [5, 5.41) is 14.2. The smallest absolute Gasteiger partial charge is 0.251 e. The number of nitrogens with zero attached hydrogens (tertiary/aromatic N) is 3. The first-order valence-electron chi connectivity index (χ1n) is 8.50. The highest BCUT2D eigenvalue weighted by atomic mass is 16.5. The average Bonchev–Trinajstić information content (AvgIpc) is 3.20. The summed E-state index contributed by atoms with van der Waals surface area (Å²) in [5.41, 5.74) is 1.70. The number of carbonyl (C=O) groups is 1. The van der Waals surface area contributed by atoms with E-state index >= 15 is 0 Å². The number of carbonyl (C=O) groups excluding carboxylic acids is 1. The standard InChI is InChI=1S/C18H23N5O2/c1-25-16-6-4-14(5-7-16)18(24)20-9-8-19-17-12-15(13-21-22-17)23-10-2-3-11-23/h4-7,12-13H,2-3,8-11H2,1H3,(H,19,22)(H,20,24). The fraction of sp³-hybridized carbons (Fsp3) is 0.389. The second-order valence-corrected chi connectivity index (χ2v) is 5.90. The van der Waals surface area contributed by atoms with E-state index in [4.69, 9.17) is 4.74 Å². The van der Waals surface area contributed by atoms with E-state index in [0.29, 0.717) is 18.7 Å². The molecule has 3 rings (SSSR count). The number of nitrogens with one attached hydrogen (secondary N) is 2. The number of rotatable bonds is 7. The molecule has 2 heterocycles. The van der Waals surface area contributed by atoms with Crippen LogP contribution in [0.5, 0.6) is 5.75 Å². The lowest BCUT2D eigenvalue weighted by Gasteiger charge is -2.17. The maximum Gasteiger partial charge on any atom is 0.251 e. The largest absolute Gasteiger partial charge is 0.497 e. The molecule has 0 spiro atoms. The summed E-state index contributed by atoms with van der Waals surface area (Å²) < 4.78 is 5.08. The van der Waals surface area contributed by atoms with Crippen molar-refractivity contribution in [2.75, 3.05) is 43.5 Å². The Morgan fingerprint density at radius 1 is 1.20 bits per heavy atom. The quantitative estimate of drug-likeness (QED) is 0.749. The van der Waals surface area contributed by atoms with E-state index in [1.54, 1.807) is 37.6 Å². The Kier molecular flexibility index (Phi) is 5.66. The van der Waals surface area contributed by atoms with Gasteiger partial charge in [-0.2, -0.15) is 5.10 Å². The zero-order valence-corrected chi connectivity index (χ0v) is 14.4. The van der Waals surface area contributed by atoms with Crippen LogP contribution in [-0.4, -0.2) is 49.4 Å². The van der Waals surface area contributed by atoms with Gasteiger partial charge in [-0.25, -0.2) is 0 Å². The van der Waals surface area contributed by atoms with Gasteiger partial charge in [0, 0.05) is 37.8 Å². The minimum Gasteiger partial charge on any atom is -0.497 e. The fourth-order valence-electron chi connectivity index (χ4n) is 2.80. The number of hydrogen-bond acceptors (Lipinski definition) is 6. The molecule has 7 nitrogen and oxygen atoms in total. The van der Waals surface area contributed by atoms with E-state index in [9.17, 15) is 4.79 Å². The van der Waals surface area contributed by atoms with E-state index in [1.165, 1.54) is 12.8 Å². The van der Waals surface area contributed by atoms with Crippen LogP contribution in [0.1, 0.15) is 23.2 Å². The lowest BCUT2D eigenvalue weighted by Crippen LogP contribution is -2.29. The normalized spacial score (nSPS) is 13.6. The molecule has 0 radical (unpaired) electrons. The molecular weight excluding hydrogens is 318 g/mol. The Morgan fingerprint density at radius 3 is 2.68 bits per heavy atom. The maximum absolute atomic E-state index is 12.1. The van der Waals surface area contributed by atoms with Crippen LogP contribution in [0.15, 0.2) is 36.5 Å². The van der Waals surface area contributed by atoms with Gasteiger partial charge in [0.2, 0.25) is 0 Å². The number of hydrogen-bond donors (Lipinski definition) is 2. The molecule has 0 unspecified atom stereocenters. The van der Waals surface area contributed by atoms with Crippen molar-refractivity contribution in [2.45, 2.75) is 12.8 Å². The molecule has 1 aromatic heterocycles. The number of benzene rings is 1. The minimum atomic E-state index is -0.110. The molecule has 1 saturated heterocycles. The molecule has 0 aliphatic carbocycles. The van der Waals surface area contributed by atoms with Crippen LogP contribution in [-0.2, 0) is 0 Å². The topological polar surface area (TPSA) is 79.4 Å². The van der Waals surface area contributed by atoms with Gasteiger partial charge < -0.3 is 20.3 Å². The summed E-state index contributed by atoms with van der Waals surface area (Å²) in [6.45, 7) is 3.23. The van der Waals surface area contributed by atoms with Crippen LogP contribution in [0, 0.1) is 0 Å². The van der Waals surface area contributed by atoms with Crippen molar-refractivity contribution in [3.05, 3.63) is 42.1 Å². The zero-order chi connectivity index (χ0) is 17.5. The Balaban J connectivity index is 1.44. The van der Waals surface area contributed by atoms with Gasteiger partial charge in [-0.1, -0.05) is 0 Å². The number of ether oxygens (including phenoxy) is 1. The van der Waals surface area contributed by atoms with Gasteiger partial charge in [-0.3, -0.25) is 4.79 Å². The molecule has 0 atom stereocenters. The van der Waals surface area contributed by atoms with Crippen molar-refractivity contribution in [1.82, 2.24) is 15.5 Å². The molecule has 1 amide bonds. The predicted molar refractivity (Wildman–Crippen MR) is 97.3 cm³/mol. The Labute approximate surface area is 147 Å². The van der Waals surface area contributed by atoms with E-state index in [-0.39, 0.29) is 5.91 Å². The molecule has 0 bridgehead atoms. The SMILES string of the molecule is COc1ccc(C(=O)NCCNc2cc(N3CCCC3)cnn2)cc1. The highest BCUT2D eigenvalue weighted by Crippen LogP contribution is 2.20. The lowest BCUT2D eigenvalue weighted by atomic mass is 10.2. The summed E-state index contributed by atoms with van der Waals surface area (Å²) in [4.78, 5) is 14.4. The molecule has 1 fully saturated rings. The van der Waals surface area contributed by atoms with Gasteiger partial charge in [0.05, 0.1) is 19.0 Å². The lowest BCUT2D eigenvalue weighted by molar-refractivity contribution is 0.0955. The molecule has 1 aromatic carbocycles. The maximum atomic E-state index is 12.1. The summed E-state index contributed by atoms with van der Waals surface area (Å²) >= 11 is 0. The van der Waals surface area contributed by atoms with Crippen molar-refractivity contribution in [1.29, 1.82) is 0 Å². The van der Waals surface area contributed by atoms with E-state index in [1.807, 2.05) is 6.07 Å². The van der Waals surface area contributed by atoms with Gasteiger partial charge in [-0.15, -0.1) is 5.10 Å². The summed E-state index contributed by atoms with van der Waals surface area (Å²) in [6, 6.07) is 9.03. The highest BCUT2D eigenvalue weighted by molar-refractivity contribution is 5.94. The Bertz CT molecular complexity index is 699. The molecule has 132 valence electrons. The van der Waals surface area contributed by atoms with Crippen molar-refractivity contribution in [3.63, 3.8) is 0 Å². The van der Waals surface area contributed by atoms with Gasteiger partial charge in [0.1, 0.15) is 5.75 Å². The summed E-state index contributed by atoms with van der Waals surface area (Å²) in [7, 11) is 1.60. The van der Waals surface area contributed by atoms with E-state index < -0.39 is 0 Å². The summed E-state index contributed by atoms with van der Waals surface area (Å²) in [5.74, 6) is 1.35. The second-order valence-electron chi connectivity index (χ2n) is 5.90. The van der Waals surface area contributed by atoms with E-state index in [2.05, 4.69) is 25.7 Å². The first-order valence-corrected chi connectivity index (χ1v) is 8.50. The predicted octanol–water partition coefficient (Wildman–Crippen LogP) is 1.93. The van der Waals surface area contributed by atoms with Crippen LogP contribution in [0.4, 0.5) is 11.5 Å². The van der Waals surface area contributed by atoms with Gasteiger partial charge >= 0.3 is 0 Å². The van der Waals surface area contributed by atoms with Gasteiger partial charge in [0.15, 0.2) is 5.82 Å². The zero-order valence-electron chi connectivity index (χ0n) is 14.4. The molecule has 25 heavy (non-hydrogen) atoms. The van der Waals surface area contributed by atoms with Gasteiger partial charge in [0.25, 0.3) is 5.91 Å². The number of anilines is 2. The Morgan fingerprint density at radius 2 is 1.96 bits per heavy atom. The highest BCUT2D eigenvalue weighted by Gasteiger charge is 2.13. The molecule has 2 N–H and O–H groups in total. The first kappa shape index (κ1) is 17.0. The molecule has 0 saturated carbocycles. The molecule has 1 aliphatic heterocycles. The molecular formula is C18H23N5O2. The van der Waals surface area contributed by atoms with Crippen LogP contribution >= 0.6 is 0 Å². The third-order valence-electron chi connectivity index (χ3n) is 4.18. The first-order chi connectivity index (χ1) is 12.3. The van der Waals surface area contributed by atoms with Crippen molar-refractivity contribution < 1.29 is 9.53 Å². The third kappa shape index (κ3) is 4.59. The van der Waals surface area contributed by atoms with Crippen LogP contribution in [0.25, 0.3) is 0 Å². The van der Waals surface area contributed by atoms with Crippen LogP contribution in [0.3, 0.4) is 0 Å². The monoisotopic (exact) mass is 341 g/mol. The second kappa shape index (κ2) is 8.32. The van der Waals surface area contributed by atoms with Crippen LogP contribution < -0.4 is 20.3 Å². The van der Waals surface area contributed by atoms with Crippen molar-refractivity contribution in [2.24, 2.45) is 0 Å². The minimum absolute atomic E-state index is 0.110. The molecule has 7 heteroatoms. The Hall–Kier alpha value is -2.83. The van der Waals surface area contributed by atoms with Gasteiger partial charge in [-0.05, 0) is 37.1 Å². The van der Waals surface area contributed by atoms with Crippen molar-refractivity contribution >= 4 is 17.4 Å².